The highest BCUT2D eigenvalue weighted by Gasteiger charge is 2.23. The molecule has 0 bridgehead atoms. The Morgan fingerprint density at radius 3 is 2.61 bits per heavy atom. The van der Waals surface area contributed by atoms with Crippen LogP contribution in [0.4, 0.5) is 11.4 Å². The molecule has 1 aromatic carbocycles. The number of ether oxygens (including phenoxy) is 1. The van der Waals surface area contributed by atoms with Crippen molar-refractivity contribution in [3.05, 3.63) is 56.9 Å². The van der Waals surface area contributed by atoms with Gasteiger partial charge < -0.3 is 14.5 Å². The van der Waals surface area contributed by atoms with Crippen LogP contribution in [0.1, 0.15) is 17.5 Å². The predicted octanol–water partition coefficient (Wildman–Crippen LogP) is 3.13. The first-order valence-electron chi connectivity index (χ1n) is 6.39. The fourth-order valence-corrected chi connectivity index (χ4v) is 1.98. The van der Waals surface area contributed by atoms with Crippen molar-refractivity contribution in [2.75, 3.05) is 5.32 Å². The van der Waals surface area contributed by atoms with Crippen LogP contribution >= 0.6 is 15.9 Å². The Balaban J connectivity index is 2.03. The van der Waals surface area contributed by atoms with Gasteiger partial charge in [0.05, 0.1) is 4.92 Å². The minimum absolute atomic E-state index is 0.0196. The molecule has 1 aromatic heterocycles. The molecule has 0 aliphatic rings. The molecule has 0 saturated heterocycles. The van der Waals surface area contributed by atoms with Crippen molar-refractivity contribution in [1.29, 1.82) is 0 Å². The van der Waals surface area contributed by atoms with Gasteiger partial charge in [-0.2, -0.15) is 0 Å². The molecule has 0 aliphatic carbocycles. The fourth-order valence-electron chi connectivity index (χ4n) is 1.67. The van der Waals surface area contributed by atoms with Crippen molar-refractivity contribution in [2.24, 2.45) is 0 Å². The summed E-state index contributed by atoms with van der Waals surface area (Å²) < 4.78 is 10.3. The zero-order chi connectivity index (χ0) is 17.0. The number of nitrogens with one attached hydrogen (secondary N) is 1. The van der Waals surface area contributed by atoms with E-state index in [0.29, 0.717) is 4.67 Å². The summed E-state index contributed by atoms with van der Waals surface area (Å²) in [6.45, 7) is 1.35. The minimum atomic E-state index is -1.16. The molecule has 1 unspecified atom stereocenters. The van der Waals surface area contributed by atoms with Crippen LogP contribution in [0.5, 0.6) is 0 Å². The number of benzene rings is 1. The smallest absolute Gasteiger partial charge is 0.375 e. The Hall–Kier alpha value is -2.68. The van der Waals surface area contributed by atoms with Crippen LogP contribution < -0.4 is 5.32 Å². The lowest BCUT2D eigenvalue weighted by Crippen LogP contribution is -2.30. The number of hydrogen-bond acceptors (Lipinski definition) is 6. The van der Waals surface area contributed by atoms with E-state index in [9.17, 15) is 19.7 Å². The van der Waals surface area contributed by atoms with Gasteiger partial charge in [-0.3, -0.25) is 14.9 Å². The zero-order valence-electron chi connectivity index (χ0n) is 11.8. The van der Waals surface area contributed by atoms with Crippen molar-refractivity contribution in [3.63, 3.8) is 0 Å². The first-order chi connectivity index (χ1) is 10.9. The number of rotatable bonds is 5. The van der Waals surface area contributed by atoms with E-state index in [-0.39, 0.29) is 17.1 Å². The van der Waals surface area contributed by atoms with Crippen molar-refractivity contribution >= 4 is 39.2 Å². The number of esters is 1. The van der Waals surface area contributed by atoms with E-state index in [1.54, 1.807) is 6.07 Å². The van der Waals surface area contributed by atoms with E-state index in [1.165, 1.54) is 37.3 Å². The molecule has 0 spiro atoms. The Morgan fingerprint density at radius 2 is 2.00 bits per heavy atom. The Bertz CT molecular complexity index is 757. The summed E-state index contributed by atoms with van der Waals surface area (Å²) in [5.74, 6) is -1.58. The molecule has 9 heteroatoms. The maximum Gasteiger partial charge on any atom is 0.375 e. The van der Waals surface area contributed by atoms with Gasteiger partial charge in [-0.25, -0.2) is 4.79 Å². The van der Waals surface area contributed by atoms with Crippen molar-refractivity contribution < 1.29 is 23.7 Å². The van der Waals surface area contributed by atoms with Gasteiger partial charge in [0, 0.05) is 6.07 Å². The summed E-state index contributed by atoms with van der Waals surface area (Å²) in [5, 5.41) is 13.2. The van der Waals surface area contributed by atoms with Crippen LogP contribution in [0.15, 0.2) is 45.5 Å². The van der Waals surface area contributed by atoms with Gasteiger partial charge in [-0.05, 0) is 41.1 Å². The van der Waals surface area contributed by atoms with Crippen LogP contribution in [0.2, 0.25) is 0 Å². The number of carbonyl (C=O) groups is 2. The lowest BCUT2D eigenvalue weighted by Gasteiger charge is -2.12. The molecule has 120 valence electrons. The Labute approximate surface area is 138 Å². The molecule has 2 aromatic rings. The number of halogens is 1. The summed E-state index contributed by atoms with van der Waals surface area (Å²) in [5.41, 5.74) is -0.236. The van der Waals surface area contributed by atoms with Gasteiger partial charge in [0.15, 0.2) is 10.8 Å². The van der Waals surface area contributed by atoms with E-state index in [2.05, 4.69) is 21.2 Å². The maximum atomic E-state index is 12.0. The zero-order valence-corrected chi connectivity index (χ0v) is 13.4. The number of nitrogens with zero attached hydrogens (tertiary/aromatic N) is 1. The molecule has 0 radical (unpaired) electrons. The summed E-state index contributed by atoms with van der Waals surface area (Å²) in [4.78, 5) is 34.1. The number of nitro groups is 1. The summed E-state index contributed by atoms with van der Waals surface area (Å²) in [7, 11) is 0. The number of para-hydroxylation sites is 2. The van der Waals surface area contributed by atoms with E-state index >= 15 is 0 Å². The average Bonchev–Trinajstić information content (AvgIpc) is 2.94. The molecule has 1 amide bonds. The molecule has 8 nitrogen and oxygen atoms in total. The third kappa shape index (κ3) is 4.16. The second-order valence-corrected chi connectivity index (χ2v) is 5.20. The van der Waals surface area contributed by atoms with Crippen molar-refractivity contribution in [1.82, 2.24) is 0 Å². The van der Waals surface area contributed by atoms with Gasteiger partial charge in [-0.15, -0.1) is 0 Å². The first-order valence-corrected chi connectivity index (χ1v) is 7.18. The van der Waals surface area contributed by atoms with Crippen LogP contribution in [0.25, 0.3) is 0 Å². The summed E-state index contributed by atoms with van der Waals surface area (Å²) >= 11 is 3.04. The highest BCUT2D eigenvalue weighted by molar-refractivity contribution is 9.10. The third-order valence-electron chi connectivity index (χ3n) is 2.79. The van der Waals surface area contributed by atoms with Crippen LogP contribution in [0, 0.1) is 10.1 Å². The largest absolute Gasteiger partial charge is 0.447 e. The third-order valence-corrected chi connectivity index (χ3v) is 3.21. The molecule has 2 rings (SSSR count). The molecule has 1 N–H and O–H groups in total. The van der Waals surface area contributed by atoms with Crippen molar-refractivity contribution in [2.45, 2.75) is 13.0 Å². The highest BCUT2D eigenvalue weighted by Crippen LogP contribution is 2.23. The lowest BCUT2D eigenvalue weighted by atomic mass is 10.2. The standard InChI is InChI=1S/C14H11BrN2O6/c1-8(22-14(19)11-6-7-12(15)23-11)13(18)16-9-4-2-3-5-10(9)17(20)21/h2-8H,1H3,(H,16,18). The quantitative estimate of drug-likeness (QED) is 0.482. The Kier molecular flexibility index (Phi) is 5.12. The molecule has 1 heterocycles. The highest BCUT2D eigenvalue weighted by atomic mass is 79.9. The maximum absolute atomic E-state index is 12.0. The van der Waals surface area contributed by atoms with Crippen LogP contribution in [0.3, 0.4) is 0 Å². The summed E-state index contributed by atoms with van der Waals surface area (Å²) in [6.07, 6.45) is -1.16. The number of hydrogen-bond donors (Lipinski definition) is 1. The first kappa shape index (κ1) is 16.7. The number of furan rings is 1. The molecule has 23 heavy (non-hydrogen) atoms. The van der Waals surface area contributed by atoms with Crippen LogP contribution in [-0.4, -0.2) is 22.9 Å². The molecule has 1 atom stereocenters. The van der Waals surface area contributed by atoms with Gasteiger partial charge in [0.25, 0.3) is 11.6 Å². The fraction of sp³-hybridized carbons (Fsp3) is 0.143. The van der Waals surface area contributed by atoms with E-state index < -0.39 is 22.9 Å². The lowest BCUT2D eigenvalue weighted by molar-refractivity contribution is -0.383. The molecule has 0 saturated carbocycles. The minimum Gasteiger partial charge on any atom is -0.447 e. The molecule has 0 fully saturated rings. The van der Waals surface area contributed by atoms with Crippen LogP contribution in [-0.2, 0) is 9.53 Å². The van der Waals surface area contributed by atoms with Gasteiger partial charge in [0.1, 0.15) is 5.69 Å². The monoisotopic (exact) mass is 382 g/mol. The average molecular weight is 383 g/mol. The van der Waals surface area contributed by atoms with Crippen molar-refractivity contribution in [3.8, 4) is 0 Å². The van der Waals surface area contributed by atoms with Gasteiger partial charge in [-0.1, -0.05) is 12.1 Å². The number of amides is 1. The second-order valence-electron chi connectivity index (χ2n) is 4.41. The summed E-state index contributed by atoms with van der Waals surface area (Å²) in [6, 6.07) is 8.56. The second kappa shape index (κ2) is 7.05. The SMILES string of the molecule is CC(OC(=O)c1ccc(Br)o1)C(=O)Nc1ccccc1[N+](=O)[O-]. The topological polar surface area (TPSA) is 112 Å². The number of nitro benzene ring substituents is 1. The van der Waals surface area contributed by atoms with E-state index in [4.69, 9.17) is 9.15 Å². The molecular formula is C14H11BrN2O6. The number of carbonyl (C=O) groups excluding carboxylic acids is 2. The van der Waals surface area contributed by atoms with E-state index in [1.807, 2.05) is 0 Å². The molecule has 0 aliphatic heterocycles. The normalized spacial score (nSPS) is 11.6. The van der Waals surface area contributed by atoms with Gasteiger partial charge >= 0.3 is 5.97 Å². The predicted molar refractivity (Wildman–Crippen MR) is 83.0 cm³/mol. The Morgan fingerprint density at radius 1 is 1.30 bits per heavy atom. The molecular weight excluding hydrogens is 372 g/mol. The van der Waals surface area contributed by atoms with Gasteiger partial charge in [0.2, 0.25) is 5.76 Å². The van der Waals surface area contributed by atoms with E-state index in [0.717, 1.165) is 0 Å². The number of anilines is 1.